The number of amides is 1. The molecule has 0 bridgehead atoms. The van der Waals surface area contributed by atoms with Crippen LogP contribution in [0.1, 0.15) is 43.1 Å². The molecule has 2 aliphatic rings. The molecule has 1 saturated heterocycles. The lowest BCUT2D eigenvalue weighted by Gasteiger charge is -2.37. The Labute approximate surface area is 153 Å². The fourth-order valence-corrected chi connectivity index (χ4v) is 3.62. The maximum absolute atomic E-state index is 12.5. The maximum Gasteiger partial charge on any atom is 0.274 e. The quantitative estimate of drug-likeness (QED) is 0.905. The maximum atomic E-state index is 12.5. The molecule has 3 heterocycles. The zero-order valence-corrected chi connectivity index (χ0v) is 14.9. The molecule has 1 aromatic carbocycles. The SMILES string of the molecule is CCC1CCCCN1c1ccc(C(=O)Nc2ccc3c(c2)OCO3)nc1. The second-order valence-corrected chi connectivity index (χ2v) is 6.68. The summed E-state index contributed by atoms with van der Waals surface area (Å²) in [6.07, 6.45) is 6.67. The summed E-state index contributed by atoms with van der Waals surface area (Å²) in [7, 11) is 0. The fourth-order valence-electron chi connectivity index (χ4n) is 3.62. The largest absolute Gasteiger partial charge is 0.454 e. The zero-order valence-electron chi connectivity index (χ0n) is 14.9. The summed E-state index contributed by atoms with van der Waals surface area (Å²) < 4.78 is 10.6. The van der Waals surface area contributed by atoms with Crippen LogP contribution in [-0.4, -0.2) is 30.3 Å². The molecule has 2 aromatic rings. The lowest BCUT2D eigenvalue weighted by molar-refractivity contribution is 0.102. The van der Waals surface area contributed by atoms with Crippen molar-refractivity contribution in [3.63, 3.8) is 0 Å². The zero-order chi connectivity index (χ0) is 17.9. The van der Waals surface area contributed by atoms with Gasteiger partial charge in [0.1, 0.15) is 5.69 Å². The van der Waals surface area contributed by atoms with E-state index >= 15 is 0 Å². The van der Waals surface area contributed by atoms with Crippen molar-refractivity contribution in [1.29, 1.82) is 0 Å². The molecule has 0 spiro atoms. The average molecular weight is 353 g/mol. The Morgan fingerprint density at radius 3 is 2.92 bits per heavy atom. The standard InChI is InChI=1S/C20H23N3O3/c1-2-15-5-3-4-10-23(15)16-7-8-17(21-12-16)20(24)22-14-6-9-18-19(11-14)26-13-25-18/h6-9,11-12,15H,2-5,10,13H2,1H3,(H,22,24). The molecule has 1 aromatic heterocycles. The lowest BCUT2D eigenvalue weighted by atomic mass is 9.99. The highest BCUT2D eigenvalue weighted by atomic mass is 16.7. The van der Waals surface area contributed by atoms with Crippen molar-refractivity contribution < 1.29 is 14.3 Å². The normalized spacial score (nSPS) is 18.7. The van der Waals surface area contributed by atoms with Crippen molar-refractivity contribution in [3.8, 4) is 11.5 Å². The van der Waals surface area contributed by atoms with Gasteiger partial charge in [-0.3, -0.25) is 4.79 Å². The number of fused-ring (bicyclic) bond motifs is 1. The van der Waals surface area contributed by atoms with Crippen LogP contribution in [0.3, 0.4) is 0 Å². The monoisotopic (exact) mass is 353 g/mol. The first kappa shape index (κ1) is 16.7. The van der Waals surface area contributed by atoms with Crippen LogP contribution in [0.4, 0.5) is 11.4 Å². The summed E-state index contributed by atoms with van der Waals surface area (Å²) in [5.41, 5.74) is 2.15. The number of anilines is 2. The molecular weight excluding hydrogens is 330 g/mol. The predicted molar refractivity (Wildman–Crippen MR) is 100 cm³/mol. The first-order valence-corrected chi connectivity index (χ1v) is 9.18. The number of hydrogen-bond acceptors (Lipinski definition) is 5. The van der Waals surface area contributed by atoms with Crippen molar-refractivity contribution in [2.24, 2.45) is 0 Å². The van der Waals surface area contributed by atoms with Crippen LogP contribution < -0.4 is 19.7 Å². The lowest BCUT2D eigenvalue weighted by Crippen LogP contribution is -2.39. The van der Waals surface area contributed by atoms with Gasteiger partial charge in [0.05, 0.1) is 11.9 Å². The van der Waals surface area contributed by atoms with Gasteiger partial charge in [-0.1, -0.05) is 6.92 Å². The number of hydrogen-bond donors (Lipinski definition) is 1. The molecule has 1 unspecified atom stereocenters. The predicted octanol–water partition coefficient (Wildman–Crippen LogP) is 3.83. The number of pyridine rings is 1. The van der Waals surface area contributed by atoms with E-state index < -0.39 is 0 Å². The van der Waals surface area contributed by atoms with Gasteiger partial charge < -0.3 is 19.7 Å². The van der Waals surface area contributed by atoms with E-state index in [4.69, 9.17) is 9.47 Å². The van der Waals surface area contributed by atoms with E-state index in [-0.39, 0.29) is 12.7 Å². The Kier molecular flexibility index (Phi) is 4.65. The summed E-state index contributed by atoms with van der Waals surface area (Å²) in [5.74, 6) is 1.10. The third kappa shape index (κ3) is 3.31. The summed E-state index contributed by atoms with van der Waals surface area (Å²) in [6.45, 7) is 3.50. The first-order valence-electron chi connectivity index (χ1n) is 9.18. The van der Waals surface area contributed by atoms with Gasteiger partial charge in [-0.15, -0.1) is 0 Å². The molecule has 0 radical (unpaired) electrons. The summed E-state index contributed by atoms with van der Waals surface area (Å²) in [5, 5.41) is 2.86. The molecule has 6 heteroatoms. The number of carbonyl (C=O) groups is 1. The Morgan fingerprint density at radius 1 is 1.23 bits per heavy atom. The number of nitrogens with zero attached hydrogens (tertiary/aromatic N) is 2. The van der Waals surface area contributed by atoms with E-state index in [1.54, 1.807) is 24.3 Å². The van der Waals surface area contributed by atoms with Crippen molar-refractivity contribution >= 4 is 17.3 Å². The second-order valence-electron chi connectivity index (χ2n) is 6.68. The molecular formula is C20H23N3O3. The fraction of sp³-hybridized carbons (Fsp3) is 0.400. The van der Waals surface area contributed by atoms with Crippen LogP contribution in [0.15, 0.2) is 36.5 Å². The number of ether oxygens (including phenoxy) is 2. The molecule has 1 amide bonds. The summed E-state index contributed by atoms with van der Waals surface area (Å²) in [6, 6.07) is 9.69. The van der Waals surface area contributed by atoms with E-state index in [2.05, 4.69) is 22.1 Å². The van der Waals surface area contributed by atoms with Gasteiger partial charge >= 0.3 is 0 Å². The van der Waals surface area contributed by atoms with Crippen LogP contribution >= 0.6 is 0 Å². The van der Waals surface area contributed by atoms with Gasteiger partial charge in [0.2, 0.25) is 6.79 Å². The Hall–Kier alpha value is -2.76. The molecule has 1 atom stereocenters. The van der Waals surface area contributed by atoms with Gasteiger partial charge in [-0.25, -0.2) is 4.98 Å². The third-order valence-electron chi connectivity index (χ3n) is 5.04. The van der Waals surface area contributed by atoms with E-state index in [1.165, 1.54) is 19.3 Å². The van der Waals surface area contributed by atoms with Crippen molar-refractivity contribution in [3.05, 3.63) is 42.2 Å². The molecule has 1 fully saturated rings. The second kappa shape index (κ2) is 7.23. The van der Waals surface area contributed by atoms with Gasteiger partial charge in [0, 0.05) is 24.3 Å². The van der Waals surface area contributed by atoms with Crippen LogP contribution in [0.2, 0.25) is 0 Å². The average Bonchev–Trinajstić information content (AvgIpc) is 3.16. The van der Waals surface area contributed by atoms with E-state index in [0.29, 0.717) is 28.9 Å². The minimum Gasteiger partial charge on any atom is -0.454 e. The minimum absolute atomic E-state index is 0.213. The van der Waals surface area contributed by atoms with E-state index in [9.17, 15) is 4.79 Å². The van der Waals surface area contributed by atoms with E-state index in [1.807, 2.05) is 12.3 Å². The van der Waals surface area contributed by atoms with E-state index in [0.717, 1.165) is 18.7 Å². The molecule has 26 heavy (non-hydrogen) atoms. The number of benzene rings is 1. The molecule has 4 rings (SSSR count). The highest BCUT2D eigenvalue weighted by Crippen LogP contribution is 2.34. The first-order chi connectivity index (χ1) is 12.7. The number of nitrogens with one attached hydrogen (secondary N) is 1. The number of carbonyl (C=O) groups excluding carboxylic acids is 1. The van der Waals surface area contributed by atoms with Crippen LogP contribution in [-0.2, 0) is 0 Å². The van der Waals surface area contributed by atoms with Crippen molar-refractivity contribution in [1.82, 2.24) is 4.98 Å². The smallest absolute Gasteiger partial charge is 0.274 e. The summed E-state index contributed by atoms with van der Waals surface area (Å²) >= 11 is 0. The number of rotatable bonds is 4. The topological polar surface area (TPSA) is 63.7 Å². The van der Waals surface area contributed by atoms with Gasteiger partial charge in [-0.05, 0) is 49.9 Å². The van der Waals surface area contributed by atoms with Gasteiger partial charge in [0.15, 0.2) is 11.5 Å². The van der Waals surface area contributed by atoms with Crippen LogP contribution in [0.5, 0.6) is 11.5 Å². The number of piperidine rings is 1. The molecule has 2 aliphatic heterocycles. The van der Waals surface area contributed by atoms with Crippen LogP contribution in [0.25, 0.3) is 0 Å². The highest BCUT2D eigenvalue weighted by Gasteiger charge is 2.21. The molecule has 136 valence electrons. The highest BCUT2D eigenvalue weighted by molar-refractivity contribution is 6.03. The minimum atomic E-state index is -0.235. The molecule has 0 saturated carbocycles. The van der Waals surface area contributed by atoms with Crippen molar-refractivity contribution in [2.45, 2.75) is 38.6 Å². The number of aromatic nitrogens is 1. The Morgan fingerprint density at radius 2 is 2.12 bits per heavy atom. The third-order valence-corrected chi connectivity index (χ3v) is 5.04. The molecule has 0 aliphatic carbocycles. The van der Waals surface area contributed by atoms with Gasteiger partial charge in [0.25, 0.3) is 5.91 Å². The Balaban J connectivity index is 1.45. The van der Waals surface area contributed by atoms with Gasteiger partial charge in [-0.2, -0.15) is 0 Å². The summed E-state index contributed by atoms with van der Waals surface area (Å²) in [4.78, 5) is 19.3. The molecule has 6 nitrogen and oxygen atoms in total. The van der Waals surface area contributed by atoms with Crippen LogP contribution in [0, 0.1) is 0 Å². The Bertz CT molecular complexity index is 791. The molecule has 1 N–H and O–H groups in total. The van der Waals surface area contributed by atoms with Crippen molar-refractivity contribution in [2.75, 3.05) is 23.6 Å².